The zero-order valence-corrected chi connectivity index (χ0v) is 11.9. The minimum absolute atomic E-state index is 0.133. The largest absolute Gasteiger partial charge is 0.393 e. The fraction of sp³-hybridized carbons (Fsp3) is 0.455. The molecule has 20 heavy (non-hydrogen) atoms. The lowest BCUT2D eigenvalue weighted by Gasteiger charge is -2.08. The van der Waals surface area contributed by atoms with Crippen LogP contribution in [0.5, 0.6) is 0 Å². The molecule has 0 aromatic heterocycles. The highest BCUT2D eigenvalue weighted by atomic mass is 32.2. The fourth-order valence-corrected chi connectivity index (χ4v) is 2.83. The van der Waals surface area contributed by atoms with Crippen LogP contribution < -0.4 is 10.5 Å². The summed E-state index contributed by atoms with van der Waals surface area (Å²) in [5.74, 6) is 0. The first-order chi connectivity index (χ1) is 9.40. The highest BCUT2D eigenvalue weighted by molar-refractivity contribution is 7.89. The van der Waals surface area contributed by atoms with Gasteiger partial charge in [-0.3, -0.25) is 10.1 Å². The van der Waals surface area contributed by atoms with Crippen LogP contribution in [0.2, 0.25) is 0 Å². The Labute approximate surface area is 117 Å². The van der Waals surface area contributed by atoms with Crippen LogP contribution in [-0.2, 0) is 14.8 Å². The molecule has 0 amide bonds. The van der Waals surface area contributed by atoms with Gasteiger partial charge in [0, 0.05) is 19.8 Å². The van der Waals surface area contributed by atoms with Crippen LogP contribution in [0.1, 0.15) is 13.3 Å². The molecule has 0 saturated heterocycles. The van der Waals surface area contributed by atoms with E-state index in [1.165, 1.54) is 12.1 Å². The summed E-state index contributed by atoms with van der Waals surface area (Å²) in [6.45, 7) is 2.93. The lowest BCUT2D eigenvalue weighted by molar-refractivity contribution is -0.386. The summed E-state index contributed by atoms with van der Waals surface area (Å²) in [4.78, 5) is 9.68. The number of para-hydroxylation sites is 1. The first kappa shape index (κ1) is 16.3. The van der Waals surface area contributed by atoms with Crippen molar-refractivity contribution in [1.82, 2.24) is 4.72 Å². The minimum Gasteiger partial charge on any atom is -0.393 e. The second kappa shape index (κ2) is 7.17. The number of nitro benzene ring substituents is 1. The molecule has 0 radical (unpaired) electrons. The Morgan fingerprint density at radius 3 is 2.75 bits per heavy atom. The molecule has 8 nitrogen and oxygen atoms in total. The predicted molar refractivity (Wildman–Crippen MR) is 73.8 cm³/mol. The van der Waals surface area contributed by atoms with Crippen molar-refractivity contribution in [1.29, 1.82) is 0 Å². The fourth-order valence-electron chi connectivity index (χ4n) is 1.55. The summed E-state index contributed by atoms with van der Waals surface area (Å²) in [5.41, 5.74) is 4.67. The molecule has 0 aliphatic rings. The van der Waals surface area contributed by atoms with Gasteiger partial charge >= 0.3 is 5.69 Å². The van der Waals surface area contributed by atoms with Crippen molar-refractivity contribution in [3.05, 3.63) is 28.3 Å². The van der Waals surface area contributed by atoms with E-state index in [4.69, 9.17) is 10.5 Å². The lowest BCUT2D eigenvalue weighted by Crippen LogP contribution is -2.26. The van der Waals surface area contributed by atoms with E-state index < -0.39 is 25.5 Å². The van der Waals surface area contributed by atoms with Gasteiger partial charge in [0.05, 0.1) is 4.92 Å². The lowest BCUT2D eigenvalue weighted by atomic mass is 10.3. The van der Waals surface area contributed by atoms with Crippen LogP contribution in [0.25, 0.3) is 0 Å². The molecule has 3 N–H and O–H groups in total. The number of rotatable bonds is 8. The SMILES string of the molecule is CCOCCCNS(=O)(=O)c1cccc(N)c1[N+](=O)[O-]. The van der Waals surface area contributed by atoms with Gasteiger partial charge in [0.1, 0.15) is 5.69 Å². The van der Waals surface area contributed by atoms with Crippen LogP contribution in [0.3, 0.4) is 0 Å². The molecule has 0 fully saturated rings. The molecule has 1 aromatic rings. The standard InChI is InChI=1S/C11H17N3O5S/c1-2-19-8-4-7-13-20(17,18)10-6-3-5-9(12)11(10)14(15)16/h3,5-6,13H,2,4,7-8,12H2,1H3. The Bertz CT molecular complexity index is 573. The highest BCUT2D eigenvalue weighted by Crippen LogP contribution is 2.29. The van der Waals surface area contributed by atoms with Gasteiger partial charge in [-0.25, -0.2) is 13.1 Å². The number of anilines is 1. The number of nitrogen functional groups attached to an aromatic ring is 1. The third kappa shape index (κ3) is 4.15. The number of nitrogens with zero attached hydrogens (tertiary/aromatic N) is 1. The van der Waals surface area contributed by atoms with E-state index in [0.717, 1.165) is 6.07 Å². The van der Waals surface area contributed by atoms with E-state index in [0.29, 0.717) is 19.6 Å². The molecule has 0 bridgehead atoms. The van der Waals surface area contributed by atoms with E-state index in [1.54, 1.807) is 0 Å². The number of sulfonamides is 1. The van der Waals surface area contributed by atoms with E-state index >= 15 is 0 Å². The highest BCUT2D eigenvalue weighted by Gasteiger charge is 2.27. The molecule has 0 heterocycles. The van der Waals surface area contributed by atoms with Crippen molar-refractivity contribution < 1.29 is 18.1 Å². The minimum atomic E-state index is -3.97. The summed E-state index contributed by atoms with van der Waals surface area (Å²) in [7, 11) is -3.97. The number of nitrogens with two attached hydrogens (primary N) is 1. The third-order valence-electron chi connectivity index (χ3n) is 2.46. The molecule has 0 unspecified atom stereocenters. The molecule has 1 aromatic carbocycles. The number of hydrogen-bond donors (Lipinski definition) is 2. The molecule has 0 spiro atoms. The Morgan fingerprint density at radius 2 is 2.15 bits per heavy atom. The molecule has 112 valence electrons. The van der Waals surface area contributed by atoms with Gasteiger partial charge in [-0.05, 0) is 25.5 Å². The van der Waals surface area contributed by atoms with Crippen LogP contribution in [-0.4, -0.2) is 33.1 Å². The Hall–Kier alpha value is -1.71. The topological polar surface area (TPSA) is 125 Å². The first-order valence-electron chi connectivity index (χ1n) is 6.00. The van der Waals surface area contributed by atoms with Gasteiger partial charge in [-0.1, -0.05) is 6.07 Å². The number of nitrogens with one attached hydrogen (secondary N) is 1. The van der Waals surface area contributed by atoms with Gasteiger partial charge in [0.2, 0.25) is 10.0 Å². The maximum Gasteiger partial charge on any atom is 0.312 e. The quantitative estimate of drug-likeness (QED) is 0.318. The normalized spacial score (nSPS) is 11.4. The van der Waals surface area contributed by atoms with Crippen molar-refractivity contribution in [2.45, 2.75) is 18.2 Å². The first-order valence-corrected chi connectivity index (χ1v) is 7.48. The summed E-state index contributed by atoms with van der Waals surface area (Å²) in [6, 6.07) is 3.79. The van der Waals surface area contributed by atoms with Gasteiger partial charge in [-0.15, -0.1) is 0 Å². The van der Waals surface area contributed by atoms with Crippen molar-refractivity contribution in [2.75, 3.05) is 25.5 Å². The third-order valence-corrected chi connectivity index (χ3v) is 3.96. The average molecular weight is 303 g/mol. The van der Waals surface area contributed by atoms with E-state index in [-0.39, 0.29) is 12.2 Å². The molecule has 0 saturated carbocycles. The second-order valence-electron chi connectivity index (χ2n) is 3.90. The molecular formula is C11H17N3O5S. The van der Waals surface area contributed by atoms with Crippen LogP contribution in [0.15, 0.2) is 23.1 Å². The van der Waals surface area contributed by atoms with E-state index in [9.17, 15) is 18.5 Å². The zero-order valence-electron chi connectivity index (χ0n) is 11.0. The zero-order chi connectivity index (χ0) is 15.2. The molecule has 1 rings (SSSR count). The number of nitro groups is 1. The van der Waals surface area contributed by atoms with E-state index in [1.807, 2.05) is 6.92 Å². The average Bonchev–Trinajstić information content (AvgIpc) is 2.37. The molecule has 0 atom stereocenters. The van der Waals surface area contributed by atoms with Crippen molar-refractivity contribution in [2.24, 2.45) is 0 Å². The van der Waals surface area contributed by atoms with Gasteiger partial charge in [0.15, 0.2) is 4.90 Å². The van der Waals surface area contributed by atoms with Crippen molar-refractivity contribution >= 4 is 21.4 Å². The molecule has 9 heteroatoms. The van der Waals surface area contributed by atoms with Crippen molar-refractivity contribution in [3.8, 4) is 0 Å². The monoisotopic (exact) mass is 303 g/mol. The Kier molecular flexibility index (Phi) is 5.86. The Balaban J connectivity index is 2.88. The number of hydrogen-bond acceptors (Lipinski definition) is 6. The maximum atomic E-state index is 12.0. The summed E-state index contributed by atoms with van der Waals surface area (Å²) in [6.07, 6.45) is 0.475. The van der Waals surface area contributed by atoms with Crippen molar-refractivity contribution in [3.63, 3.8) is 0 Å². The number of ether oxygens (including phenoxy) is 1. The van der Waals surface area contributed by atoms with Gasteiger partial charge < -0.3 is 10.5 Å². The molecule has 0 aliphatic carbocycles. The van der Waals surface area contributed by atoms with E-state index in [2.05, 4.69) is 4.72 Å². The second-order valence-corrected chi connectivity index (χ2v) is 5.63. The smallest absolute Gasteiger partial charge is 0.312 e. The molecule has 0 aliphatic heterocycles. The van der Waals surface area contributed by atoms with Crippen LogP contribution in [0.4, 0.5) is 11.4 Å². The summed E-state index contributed by atoms with van der Waals surface area (Å²) in [5, 5.41) is 10.9. The molecular weight excluding hydrogens is 286 g/mol. The van der Waals surface area contributed by atoms with Gasteiger partial charge in [0.25, 0.3) is 0 Å². The summed E-state index contributed by atoms with van der Waals surface area (Å²) < 4.78 is 31.4. The summed E-state index contributed by atoms with van der Waals surface area (Å²) >= 11 is 0. The predicted octanol–water partition coefficient (Wildman–Crippen LogP) is 0.882. The van der Waals surface area contributed by atoms with Gasteiger partial charge in [-0.2, -0.15) is 0 Å². The maximum absolute atomic E-state index is 12.0. The van der Waals surface area contributed by atoms with Crippen LogP contribution >= 0.6 is 0 Å². The Morgan fingerprint density at radius 1 is 1.45 bits per heavy atom. The number of benzene rings is 1. The van der Waals surface area contributed by atoms with Crippen LogP contribution in [0, 0.1) is 10.1 Å².